The van der Waals surface area contributed by atoms with E-state index in [-0.39, 0.29) is 0 Å². The average Bonchev–Trinajstić information content (AvgIpc) is 2.78. The van der Waals surface area contributed by atoms with Crippen LogP contribution in [0.5, 0.6) is 11.5 Å². The zero-order valence-corrected chi connectivity index (χ0v) is 12.0. The number of hydrogen-bond acceptors (Lipinski definition) is 4. The second-order valence-corrected chi connectivity index (χ2v) is 5.08. The van der Waals surface area contributed by atoms with Gasteiger partial charge in [0.05, 0.1) is 13.2 Å². The van der Waals surface area contributed by atoms with Crippen molar-refractivity contribution >= 4 is 0 Å². The molecule has 4 heteroatoms. The van der Waals surface area contributed by atoms with E-state index in [1.807, 2.05) is 24.4 Å². The Bertz CT molecular complexity index is 572. The number of rotatable bonds is 5. The molecule has 0 saturated heterocycles. The van der Waals surface area contributed by atoms with Gasteiger partial charge in [-0.05, 0) is 30.7 Å². The largest absolute Gasteiger partial charge is 0.490 e. The van der Waals surface area contributed by atoms with Gasteiger partial charge < -0.3 is 14.8 Å². The minimum atomic E-state index is 0.722. The van der Waals surface area contributed by atoms with E-state index in [4.69, 9.17) is 9.47 Å². The minimum Gasteiger partial charge on any atom is -0.490 e. The van der Waals surface area contributed by atoms with Gasteiger partial charge in [-0.15, -0.1) is 0 Å². The number of pyridine rings is 1. The highest BCUT2D eigenvalue weighted by Crippen LogP contribution is 2.33. The molecule has 0 saturated carbocycles. The fourth-order valence-electron chi connectivity index (χ4n) is 2.40. The molecule has 21 heavy (non-hydrogen) atoms. The Hall–Kier alpha value is -2.07. The maximum absolute atomic E-state index is 5.82. The summed E-state index contributed by atoms with van der Waals surface area (Å²) in [5, 5.41) is 3.46. The molecule has 0 amide bonds. The number of nitrogens with one attached hydrogen (secondary N) is 1. The summed E-state index contributed by atoms with van der Waals surface area (Å²) in [6.07, 6.45) is 5.61. The standard InChI is InChI=1S/C17H20N2O2/c1-5-15(17-16(6-1)20-10-3-11-21-17)13-19-9-7-14-4-2-8-18-12-14/h1-2,4-6,8,12,19H,3,7,9-11,13H2. The van der Waals surface area contributed by atoms with Crippen LogP contribution in [0.2, 0.25) is 0 Å². The first-order chi connectivity index (χ1) is 10.4. The summed E-state index contributed by atoms with van der Waals surface area (Å²) < 4.78 is 11.5. The van der Waals surface area contributed by atoms with E-state index in [1.165, 1.54) is 5.56 Å². The zero-order chi connectivity index (χ0) is 14.3. The minimum absolute atomic E-state index is 0.722. The monoisotopic (exact) mass is 284 g/mol. The second kappa shape index (κ2) is 7.09. The molecule has 1 aromatic heterocycles. The van der Waals surface area contributed by atoms with Gasteiger partial charge in [-0.2, -0.15) is 0 Å². The van der Waals surface area contributed by atoms with Crippen molar-refractivity contribution in [2.24, 2.45) is 0 Å². The first-order valence-electron chi connectivity index (χ1n) is 7.40. The maximum Gasteiger partial charge on any atom is 0.165 e. The highest BCUT2D eigenvalue weighted by Gasteiger charge is 2.13. The summed E-state index contributed by atoms with van der Waals surface area (Å²) in [6.45, 7) is 3.15. The summed E-state index contributed by atoms with van der Waals surface area (Å²) in [5.41, 5.74) is 2.40. The first-order valence-corrected chi connectivity index (χ1v) is 7.40. The molecule has 4 nitrogen and oxygen atoms in total. The lowest BCUT2D eigenvalue weighted by Crippen LogP contribution is -2.17. The van der Waals surface area contributed by atoms with Crippen molar-refractivity contribution in [1.82, 2.24) is 10.3 Å². The third-order valence-electron chi connectivity index (χ3n) is 3.48. The SMILES string of the molecule is c1cncc(CCNCc2cccc3c2OCCCO3)c1. The quantitative estimate of drug-likeness (QED) is 0.857. The molecule has 1 aliphatic rings. The summed E-state index contributed by atoms with van der Waals surface area (Å²) >= 11 is 0. The van der Waals surface area contributed by atoms with Crippen LogP contribution >= 0.6 is 0 Å². The zero-order valence-electron chi connectivity index (χ0n) is 12.0. The number of fused-ring (bicyclic) bond motifs is 1. The lowest BCUT2D eigenvalue weighted by Gasteiger charge is -2.13. The van der Waals surface area contributed by atoms with E-state index in [9.17, 15) is 0 Å². The second-order valence-electron chi connectivity index (χ2n) is 5.08. The molecule has 2 heterocycles. The van der Waals surface area contributed by atoms with Gasteiger partial charge in [-0.3, -0.25) is 4.98 Å². The van der Waals surface area contributed by atoms with Gasteiger partial charge in [0, 0.05) is 30.9 Å². The van der Waals surface area contributed by atoms with Crippen LogP contribution in [0.25, 0.3) is 0 Å². The topological polar surface area (TPSA) is 43.4 Å². The Labute approximate surface area is 125 Å². The van der Waals surface area contributed by atoms with Crippen molar-refractivity contribution in [3.05, 3.63) is 53.9 Å². The number of para-hydroxylation sites is 1. The van der Waals surface area contributed by atoms with E-state index in [0.29, 0.717) is 0 Å². The molecule has 0 atom stereocenters. The molecular formula is C17H20N2O2. The predicted octanol–water partition coefficient (Wildman–Crippen LogP) is 2.58. The molecule has 0 radical (unpaired) electrons. The molecular weight excluding hydrogens is 264 g/mol. The molecule has 1 N–H and O–H groups in total. The van der Waals surface area contributed by atoms with Gasteiger partial charge in [-0.25, -0.2) is 0 Å². The molecule has 0 bridgehead atoms. The highest BCUT2D eigenvalue weighted by atomic mass is 16.5. The van der Waals surface area contributed by atoms with Crippen LogP contribution in [0.4, 0.5) is 0 Å². The lowest BCUT2D eigenvalue weighted by atomic mass is 10.1. The van der Waals surface area contributed by atoms with E-state index in [1.54, 1.807) is 6.20 Å². The Morgan fingerprint density at radius 2 is 2.05 bits per heavy atom. The smallest absolute Gasteiger partial charge is 0.165 e. The third kappa shape index (κ3) is 3.73. The molecule has 2 aromatic rings. The van der Waals surface area contributed by atoms with Crippen LogP contribution < -0.4 is 14.8 Å². The van der Waals surface area contributed by atoms with Gasteiger partial charge in [-0.1, -0.05) is 18.2 Å². The summed E-state index contributed by atoms with van der Waals surface area (Å²) in [6, 6.07) is 10.1. The number of nitrogens with zero attached hydrogens (tertiary/aromatic N) is 1. The molecule has 0 fully saturated rings. The normalized spacial score (nSPS) is 13.7. The van der Waals surface area contributed by atoms with Crippen molar-refractivity contribution in [2.45, 2.75) is 19.4 Å². The highest BCUT2D eigenvalue weighted by molar-refractivity contribution is 5.47. The van der Waals surface area contributed by atoms with E-state index < -0.39 is 0 Å². The lowest BCUT2D eigenvalue weighted by molar-refractivity contribution is 0.296. The molecule has 1 aromatic carbocycles. The van der Waals surface area contributed by atoms with Crippen LogP contribution in [-0.2, 0) is 13.0 Å². The maximum atomic E-state index is 5.82. The number of aromatic nitrogens is 1. The third-order valence-corrected chi connectivity index (χ3v) is 3.48. The Morgan fingerprint density at radius 1 is 1.10 bits per heavy atom. The summed E-state index contributed by atoms with van der Waals surface area (Å²) in [4.78, 5) is 4.13. The predicted molar refractivity (Wildman–Crippen MR) is 81.7 cm³/mol. The van der Waals surface area contributed by atoms with E-state index in [2.05, 4.69) is 22.4 Å². The van der Waals surface area contributed by atoms with Crippen molar-refractivity contribution in [3.8, 4) is 11.5 Å². The van der Waals surface area contributed by atoms with Gasteiger partial charge in [0.15, 0.2) is 11.5 Å². The fraction of sp³-hybridized carbons (Fsp3) is 0.353. The Kier molecular flexibility index (Phi) is 4.69. The van der Waals surface area contributed by atoms with Crippen molar-refractivity contribution in [3.63, 3.8) is 0 Å². The Morgan fingerprint density at radius 3 is 2.95 bits per heavy atom. The van der Waals surface area contributed by atoms with E-state index >= 15 is 0 Å². The molecule has 0 unspecified atom stereocenters. The fourth-order valence-corrected chi connectivity index (χ4v) is 2.40. The van der Waals surface area contributed by atoms with E-state index in [0.717, 1.165) is 56.2 Å². The average molecular weight is 284 g/mol. The van der Waals surface area contributed by atoms with Gasteiger partial charge >= 0.3 is 0 Å². The van der Waals surface area contributed by atoms with Gasteiger partial charge in [0.25, 0.3) is 0 Å². The van der Waals surface area contributed by atoms with Crippen LogP contribution in [0.15, 0.2) is 42.7 Å². The number of ether oxygens (including phenoxy) is 2. The first kappa shape index (κ1) is 13.9. The number of benzene rings is 1. The summed E-state index contributed by atoms with van der Waals surface area (Å²) in [7, 11) is 0. The summed E-state index contributed by atoms with van der Waals surface area (Å²) in [5.74, 6) is 1.75. The molecule has 1 aliphatic heterocycles. The number of hydrogen-bond donors (Lipinski definition) is 1. The van der Waals surface area contributed by atoms with Gasteiger partial charge in [0.2, 0.25) is 0 Å². The van der Waals surface area contributed by atoms with Crippen LogP contribution in [0.3, 0.4) is 0 Å². The van der Waals surface area contributed by atoms with Gasteiger partial charge in [0.1, 0.15) is 0 Å². The van der Waals surface area contributed by atoms with Crippen LogP contribution in [0.1, 0.15) is 17.5 Å². The van der Waals surface area contributed by atoms with Crippen molar-refractivity contribution in [2.75, 3.05) is 19.8 Å². The Balaban J connectivity index is 1.56. The molecule has 0 spiro atoms. The van der Waals surface area contributed by atoms with Crippen LogP contribution in [-0.4, -0.2) is 24.7 Å². The van der Waals surface area contributed by atoms with Crippen molar-refractivity contribution in [1.29, 1.82) is 0 Å². The van der Waals surface area contributed by atoms with Crippen LogP contribution in [0, 0.1) is 0 Å². The molecule has 0 aliphatic carbocycles. The van der Waals surface area contributed by atoms with Crippen molar-refractivity contribution < 1.29 is 9.47 Å². The molecule has 3 rings (SSSR count). The molecule has 110 valence electrons.